The quantitative estimate of drug-likeness (QED) is 0.390. The second-order valence-electron chi connectivity index (χ2n) is 7.92. The lowest BCUT2D eigenvalue weighted by Crippen LogP contribution is -2.18. The summed E-state index contributed by atoms with van der Waals surface area (Å²) >= 11 is 0. The normalized spacial score (nSPS) is 15.6. The van der Waals surface area contributed by atoms with E-state index in [1.165, 1.54) is 17.7 Å². The van der Waals surface area contributed by atoms with E-state index in [4.69, 9.17) is 5.10 Å². The van der Waals surface area contributed by atoms with E-state index in [1.54, 1.807) is 12.1 Å². The molecule has 0 aromatic heterocycles. The van der Waals surface area contributed by atoms with Crippen LogP contribution in [-0.4, -0.2) is 24.7 Å². The van der Waals surface area contributed by atoms with Gasteiger partial charge in [-0.05, 0) is 47.4 Å². The Morgan fingerprint density at radius 2 is 1.65 bits per heavy atom. The number of non-ortho nitro benzene ring substituents is 1. The van der Waals surface area contributed by atoms with E-state index >= 15 is 0 Å². The van der Waals surface area contributed by atoms with Crippen molar-refractivity contribution in [1.29, 1.82) is 0 Å². The van der Waals surface area contributed by atoms with Crippen LogP contribution in [0.3, 0.4) is 0 Å². The fourth-order valence-corrected chi connectivity index (χ4v) is 3.84. The Hall–Kier alpha value is -3.67. The van der Waals surface area contributed by atoms with Gasteiger partial charge in [-0.1, -0.05) is 43.3 Å². The van der Waals surface area contributed by atoms with E-state index < -0.39 is 0 Å². The first-order chi connectivity index (χ1) is 15.0. The van der Waals surface area contributed by atoms with Gasteiger partial charge in [-0.2, -0.15) is 5.10 Å². The predicted octanol–water partition coefficient (Wildman–Crippen LogP) is 5.58. The molecule has 1 aliphatic heterocycles. The van der Waals surface area contributed by atoms with Crippen molar-refractivity contribution in [3.8, 4) is 0 Å². The Morgan fingerprint density at radius 3 is 2.19 bits per heavy atom. The maximum absolute atomic E-state index is 11.1. The van der Waals surface area contributed by atoms with Crippen LogP contribution in [0.25, 0.3) is 0 Å². The minimum atomic E-state index is -0.380. The summed E-state index contributed by atoms with van der Waals surface area (Å²) in [5, 5.41) is 18.0. The molecule has 0 fully saturated rings. The third-order valence-electron chi connectivity index (χ3n) is 5.73. The molecule has 0 unspecified atom stereocenters. The van der Waals surface area contributed by atoms with E-state index in [2.05, 4.69) is 60.4 Å². The zero-order chi connectivity index (χ0) is 22.0. The van der Waals surface area contributed by atoms with Crippen molar-refractivity contribution in [1.82, 2.24) is 0 Å². The third kappa shape index (κ3) is 4.28. The lowest BCUT2D eigenvalue weighted by Gasteiger charge is -2.24. The lowest BCUT2D eigenvalue weighted by molar-refractivity contribution is -0.384. The Balaban J connectivity index is 1.70. The highest BCUT2D eigenvalue weighted by Crippen LogP contribution is 2.37. The number of hydrogen-bond acceptors (Lipinski definition) is 5. The van der Waals surface area contributed by atoms with Crippen LogP contribution in [0.15, 0.2) is 77.9 Å². The van der Waals surface area contributed by atoms with Gasteiger partial charge in [0.1, 0.15) is 0 Å². The second kappa shape index (κ2) is 8.60. The third-order valence-corrected chi connectivity index (χ3v) is 5.73. The van der Waals surface area contributed by atoms with Gasteiger partial charge in [-0.3, -0.25) is 15.1 Å². The molecule has 0 amide bonds. The van der Waals surface area contributed by atoms with Crippen molar-refractivity contribution in [2.75, 3.05) is 24.0 Å². The van der Waals surface area contributed by atoms with Gasteiger partial charge in [0.25, 0.3) is 5.69 Å². The van der Waals surface area contributed by atoms with E-state index in [0.29, 0.717) is 0 Å². The van der Waals surface area contributed by atoms with Crippen LogP contribution in [0, 0.1) is 10.1 Å². The fraction of sp³-hybridized carbons (Fsp3) is 0.240. The van der Waals surface area contributed by atoms with Gasteiger partial charge >= 0.3 is 0 Å². The molecule has 0 bridgehead atoms. The minimum absolute atomic E-state index is 0.0264. The summed E-state index contributed by atoms with van der Waals surface area (Å²) in [6, 6.07) is 23.7. The lowest BCUT2D eigenvalue weighted by atomic mass is 9.97. The number of hydrazone groups is 1. The van der Waals surface area contributed by atoms with Crippen molar-refractivity contribution in [3.63, 3.8) is 0 Å². The molecule has 3 aromatic carbocycles. The van der Waals surface area contributed by atoms with Gasteiger partial charge < -0.3 is 4.90 Å². The van der Waals surface area contributed by atoms with Crippen LogP contribution >= 0.6 is 0 Å². The van der Waals surface area contributed by atoms with Crippen molar-refractivity contribution in [3.05, 3.63) is 99.6 Å². The van der Waals surface area contributed by atoms with Gasteiger partial charge in [-0.15, -0.1) is 0 Å². The first kappa shape index (κ1) is 20.6. The number of nitrogens with zero attached hydrogens (tertiary/aromatic N) is 4. The van der Waals surface area contributed by atoms with Gasteiger partial charge in [0.2, 0.25) is 0 Å². The minimum Gasteiger partial charge on any atom is -0.378 e. The highest BCUT2D eigenvalue weighted by molar-refractivity contribution is 6.03. The Kier molecular flexibility index (Phi) is 5.71. The van der Waals surface area contributed by atoms with Crippen LogP contribution in [0.5, 0.6) is 0 Å². The predicted molar refractivity (Wildman–Crippen MR) is 126 cm³/mol. The number of anilines is 2. The van der Waals surface area contributed by atoms with Crippen LogP contribution in [0.1, 0.15) is 36.1 Å². The molecule has 1 aliphatic rings. The Bertz CT molecular complexity index is 1090. The first-order valence-electron chi connectivity index (χ1n) is 10.4. The first-order valence-corrected chi connectivity index (χ1v) is 10.4. The standard InChI is InChI=1S/C25H26N4O2/c1-4-18-5-7-19(8-6-18)24-17-25(20-9-11-21(12-10-20)27(2)3)28(26-24)22-13-15-23(16-14-22)29(30)31/h5-16,25H,4,17H2,1-3H3/t25-/m0/s1. The highest BCUT2D eigenvalue weighted by atomic mass is 16.6. The number of aryl methyl sites for hydroxylation is 1. The molecule has 0 radical (unpaired) electrons. The largest absolute Gasteiger partial charge is 0.378 e. The average molecular weight is 415 g/mol. The molecule has 0 aliphatic carbocycles. The van der Waals surface area contributed by atoms with Gasteiger partial charge in [0.05, 0.1) is 22.4 Å². The van der Waals surface area contributed by atoms with Crippen molar-refractivity contribution >= 4 is 22.8 Å². The number of nitro groups is 1. The summed E-state index contributed by atoms with van der Waals surface area (Å²) in [6.45, 7) is 2.14. The average Bonchev–Trinajstić information content (AvgIpc) is 3.24. The van der Waals surface area contributed by atoms with Gasteiger partial charge in [-0.25, -0.2) is 0 Å². The highest BCUT2D eigenvalue weighted by Gasteiger charge is 2.30. The molecule has 6 heteroatoms. The zero-order valence-corrected chi connectivity index (χ0v) is 18.0. The molecule has 31 heavy (non-hydrogen) atoms. The molecule has 158 valence electrons. The SMILES string of the molecule is CCc1ccc(C2=NN(c3ccc([N+](=O)[O-])cc3)[C@H](c3ccc(N(C)C)cc3)C2)cc1. The second-order valence-corrected chi connectivity index (χ2v) is 7.92. The van der Waals surface area contributed by atoms with Gasteiger partial charge in [0.15, 0.2) is 0 Å². The summed E-state index contributed by atoms with van der Waals surface area (Å²) in [5.41, 5.74) is 6.64. The van der Waals surface area contributed by atoms with Crippen molar-refractivity contribution in [2.24, 2.45) is 5.10 Å². The summed E-state index contributed by atoms with van der Waals surface area (Å²) < 4.78 is 0. The summed E-state index contributed by atoms with van der Waals surface area (Å²) in [6.07, 6.45) is 1.77. The molecular weight excluding hydrogens is 388 g/mol. The van der Waals surface area contributed by atoms with Crippen LogP contribution in [0.4, 0.5) is 17.1 Å². The molecule has 0 spiro atoms. The molecule has 1 heterocycles. The molecule has 0 saturated carbocycles. The number of hydrogen-bond donors (Lipinski definition) is 0. The summed E-state index contributed by atoms with van der Waals surface area (Å²) in [7, 11) is 4.05. The molecule has 1 atom stereocenters. The Morgan fingerprint density at radius 1 is 1.00 bits per heavy atom. The smallest absolute Gasteiger partial charge is 0.269 e. The summed E-state index contributed by atoms with van der Waals surface area (Å²) in [4.78, 5) is 12.7. The fourth-order valence-electron chi connectivity index (χ4n) is 3.84. The van der Waals surface area contributed by atoms with E-state index in [-0.39, 0.29) is 16.7 Å². The topological polar surface area (TPSA) is 62.0 Å². The number of rotatable bonds is 6. The Labute approximate surface area is 182 Å². The maximum Gasteiger partial charge on any atom is 0.269 e. The number of benzene rings is 3. The monoisotopic (exact) mass is 414 g/mol. The van der Waals surface area contributed by atoms with Crippen molar-refractivity contribution in [2.45, 2.75) is 25.8 Å². The van der Waals surface area contributed by atoms with Crippen LogP contribution in [-0.2, 0) is 6.42 Å². The molecule has 4 rings (SSSR count). The van der Waals surface area contributed by atoms with Gasteiger partial charge in [0, 0.05) is 38.3 Å². The van der Waals surface area contributed by atoms with E-state index in [0.717, 1.165) is 41.1 Å². The zero-order valence-electron chi connectivity index (χ0n) is 18.0. The molecule has 0 saturated heterocycles. The van der Waals surface area contributed by atoms with E-state index in [1.807, 2.05) is 19.1 Å². The molecule has 6 nitrogen and oxygen atoms in total. The van der Waals surface area contributed by atoms with Crippen LogP contribution in [0.2, 0.25) is 0 Å². The number of nitro benzene ring substituents is 1. The van der Waals surface area contributed by atoms with Crippen LogP contribution < -0.4 is 9.91 Å². The molecular formula is C25H26N4O2. The molecule has 0 N–H and O–H groups in total. The van der Waals surface area contributed by atoms with Crippen molar-refractivity contribution < 1.29 is 4.92 Å². The molecule has 3 aromatic rings. The summed E-state index contributed by atoms with van der Waals surface area (Å²) in [5.74, 6) is 0. The van der Waals surface area contributed by atoms with E-state index in [9.17, 15) is 10.1 Å². The maximum atomic E-state index is 11.1.